The molecule has 5 nitrogen and oxygen atoms in total. The van der Waals surface area contributed by atoms with Crippen molar-refractivity contribution in [1.29, 1.82) is 0 Å². The minimum atomic E-state index is -4.80. The molecule has 0 heterocycles. The second-order valence-electron chi connectivity index (χ2n) is 3.96. The van der Waals surface area contributed by atoms with Gasteiger partial charge in [-0.1, -0.05) is 34.8 Å². The molecule has 0 saturated heterocycles. The van der Waals surface area contributed by atoms with E-state index in [9.17, 15) is 13.0 Å². The molecule has 2 aromatic rings. The van der Waals surface area contributed by atoms with Gasteiger partial charge < -0.3 is 15.0 Å². The number of nitrogens with two attached hydrogens (primary N) is 1. The molecular formula is C12H7Cl3NNaO4S. The maximum absolute atomic E-state index is 11.3. The zero-order valence-corrected chi connectivity index (χ0v) is 16.2. The van der Waals surface area contributed by atoms with Gasteiger partial charge in [0.25, 0.3) is 0 Å². The first kappa shape index (κ1) is 19.9. The van der Waals surface area contributed by atoms with E-state index in [2.05, 4.69) is 0 Å². The van der Waals surface area contributed by atoms with E-state index in [0.29, 0.717) is 5.69 Å². The molecule has 112 valence electrons. The summed E-state index contributed by atoms with van der Waals surface area (Å²) in [6, 6.07) is 6.40. The second kappa shape index (κ2) is 7.59. The number of benzene rings is 2. The van der Waals surface area contributed by atoms with Crippen molar-refractivity contribution in [1.82, 2.24) is 0 Å². The van der Waals surface area contributed by atoms with E-state index >= 15 is 0 Å². The molecule has 2 N–H and O–H groups in total. The summed E-state index contributed by atoms with van der Waals surface area (Å²) in [7, 11) is -4.80. The Morgan fingerprint density at radius 3 is 2.09 bits per heavy atom. The number of anilines is 1. The first-order chi connectivity index (χ1) is 9.68. The van der Waals surface area contributed by atoms with E-state index in [-0.39, 0.29) is 56.1 Å². The number of ether oxygens (including phenoxy) is 1. The fraction of sp³-hybridized carbons (Fsp3) is 0. The van der Waals surface area contributed by atoms with Crippen LogP contribution in [0.15, 0.2) is 35.2 Å². The Balaban J connectivity index is 0.00000242. The Hall–Kier alpha value is -0.180. The maximum Gasteiger partial charge on any atom is 1.00 e. The summed E-state index contributed by atoms with van der Waals surface area (Å²) >= 11 is 17.4. The van der Waals surface area contributed by atoms with Gasteiger partial charge in [-0.25, -0.2) is 8.42 Å². The monoisotopic (exact) mass is 389 g/mol. The van der Waals surface area contributed by atoms with Gasteiger partial charge in [-0.15, -0.1) is 0 Å². The average Bonchev–Trinajstić information content (AvgIpc) is 2.35. The summed E-state index contributed by atoms with van der Waals surface area (Å²) in [6.07, 6.45) is 0. The van der Waals surface area contributed by atoms with Crippen LogP contribution in [0.1, 0.15) is 0 Å². The summed E-state index contributed by atoms with van der Waals surface area (Å²) in [5, 5.41) is 0.0998. The van der Waals surface area contributed by atoms with E-state index < -0.39 is 15.0 Å². The zero-order chi connectivity index (χ0) is 15.8. The molecule has 0 aliphatic heterocycles. The second-order valence-corrected chi connectivity index (χ2v) is 6.53. The molecule has 10 heteroatoms. The average molecular weight is 391 g/mol. The molecule has 2 aromatic carbocycles. The van der Waals surface area contributed by atoms with Crippen LogP contribution < -0.4 is 40.0 Å². The summed E-state index contributed by atoms with van der Waals surface area (Å²) < 4.78 is 39.1. The summed E-state index contributed by atoms with van der Waals surface area (Å²) in [5.41, 5.74) is 5.94. The van der Waals surface area contributed by atoms with Crippen LogP contribution in [0.5, 0.6) is 11.5 Å². The van der Waals surface area contributed by atoms with Crippen LogP contribution in [0.2, 0.25) is 15.1 Å². The van der Waals surface area contributed by atoms with Crippen molar-refractivity contribution in [3.63, 3.8) is 0 Å². The van der Waals surface area contributed by atoms with Gasteiger partial charge in [-0.05, 0) is 24.3 Å². The maximum atomic E-state index is 11.3. The van der Waals surface area contributed by atoms with Gasteiger partial charge in [-0.2, -0.15) is 0 Å². The summed E-state index contributed by atoms with van der Waals surface area (Å²) in [5.74, 6) is -0.153. The Morgan fingerprint density at radius 2 is 1.55 bits per heavy atom. The zero-order valence-electron chi connectivity index (χ0n) is 11.1. The number of nitrogen functional groups attached to an aromatic ring is 1. The van der Waals surface area contributed by atoms with Gasteiger partial charge in [0.05, 0.1) is 20.0 Å². The predicted octanol–water partition coefficient (Wildman–Crippen LogP) is 0.929. The minimum absolute atomic E-state index is 0. The van der Waals surface area contributed by atoms with E-state index in [1.165, 1.54) is 18.2 Å². The number of hydrogen-bond acceptors (Lipinski definition) is 5. The van der Waals surface area contributed by atoms with Gasteiger partial charge in [0.1, 0.15) is 21.6 Å². The van der Waals surface area contributed by atoms with Crippen molar-refractivity contribution in [2.75, 3.05) is 5.73 Å². The molecule has 0 aliphatic rings. The molecule has 0 aromatic heterocycles. The number of rotatable bonds is 3. The largest absolute Gasteiger partial charge is 1.00 e. The van der Waals surface area contributed by atoms with Crippen LogP contribution in [-0.4, -0.2) is 13.0 Å². The van der Waals surface area contributed by atoms with Crippen molar-refractivity contribution in [3.05, 3.63) is 45.4 Å². The van der Waals surface area contributed by atoms with Gasteiger partial charge in [0.2, 0.25) is 0 Å². The quantitative estimate of drug-likeness (QED) is 0.478. The van der Waals surface area contributed by atoms with Crippen LogP contribution in [0.4, 0.5) is 5.69 Å². The predicted molar refractivity (Wildman–Crippen MR) is 80.4 cm³/mol. The SMILES string of the molecule is Nc1ccc(Oc2cc(Cl)c(Cl)cc2S(=O)(=O)[O-])c(Cl)c1.[Na+]. The smallest absolute Gasteiger partial charge is 0.744 e. The topological polar surface area (TPSA) is 92.5 Å². The standard InChI is InChI=1S/C12H8Cl3NO4S.Na/c13-7-4-11(12(5-8(7)14)21(17,18)19)20-10-2-1-6(16)3-9(10)15;/h1-5H,16H2,(H,17,18,19);/q;+1/p-1. The molecule has 0 bridgehead atoms. The van der Waals surface area contributed by atoms with E-state index in [1.807, 2.05) is 0 Å². The first-order valence-electron chi connectivity index (χ1n) is 5.36. The Labute approximate surface area is 164 Å². The van der Waals surface area contributed by atoms with Gasteiger partial charge in [0.15, 0.2) is 0 Å². The molecule has 2 rings (SSSR count). The van der Waals surface area contributed by atoms with E-state index in [1.54, 1.807) is 0 Å². The summed E-state index contributed by atoms with van der Waals surface area (Å²) in [4.78, 5) is -0.634. The fourth-order valence-corrected chi connectivity index (χ4v) is 2.72. The van der Waals surface area contributed by atoms with Gasteiger partial charge >= 0.3 is 29.6 Å². The molecule has 0 amide bonds. The van der Waals surface area contributed by atoms with Crippen molar-refractivity contribution in [2.45, 2.75) is 4.90 Å². The van der Waals surface area contributed by atoms with Crippen molar-refractivity contribution >= 4 is 50.6 Å². The molecule has 0 atom stereocenters. The molecule has 22 heavy (non-hydrogen) atoms. The molecule has 0 saturated carbocycles. The minimum Gasteiger partial charge on any atom is -0.744 e. The molecule has 0 aliphatic carbocycles. The van der Waals surface area contributed by atoms with Crippen LogP contribution in [0, 0.1) is 0 Å². The fourth-order valence-electron chi connectivity index (χ4n) is 1.50. The Bertz CT molecular complexity index is 814. The van der Waals surface area contributed by atoms with Gasteiger partial charge in [-0.3, -0.25) is 0 Å². The van der Waals surface area contributed by atoms with E-state index in [4.69, 9.17) is 45.3 Å². The summed E-state index contributed by atoms with van der Waals surface area (Å²) in [6.45, 7) is 0. The Morgan fingerprint density at radius 1 is 0.955 bits per heavy atom. The third-order valence-corrected chi connectivity index (χ3v) is 4.31. The van der Waals surface area contributed by atoms with Crippen molar-refractivity contribution in [3.8, 4) is 11.5 Å². The first-order valence-corrected chi connectivity index (χ1v) is 7.90. The molecular weight excluding hydrogens is 384 g/mol. The van der Waals surface area contributed by atoms with Crippen LogP contribution >= 0.6 is 34.8 Å². The van der Waals surface area contributed by atoms with Crippen LogP contribution in [0.25, 0.3) is 0 Å². The third kappa shape index (κ3) is 4.66. The Kier molecular flexibility index (Phi) is 6.86. The molecule has 0 fully saturated rings. The normalized spacial score (nSPS) is 10.9. The van der Waals surface area contributed by atoms with Gasteiger partial charge in [0, 0.05) is 11.8 Å². The van der Waals surface area contributed by atoms with Crippen LogP contribution in [-0.2, 0) is 10.1 Å². The van der Waals surface area contributed by atoms with E-state index in [0.717, 1.165) is 12.1 Å². The molecule has 0 unspecified atom stereocenters. The number of halogens is 3. The van der Waals surface area contributed by atoms with Crippen LogP contribution in [0.3, 0.4) is 0 Å². The van der Waals surface area contributed by atoms with Crippen molar-refractivity contribution < 1.29 is 47.3 Å². The molecule has 0 radical (unpaired) electrons. The van der Waals surface area contributed by atoms with Crippen molar-refractivity contribution in [2.24, 2.45) is 0 Å². The molecule has 0 spiro atoms. The number of hydrogen-bond donors (Lipinski definition) is 1. The third-order valence-electron chi connectivity index (χ3n) is 2.43.